The Kier molecular flexibility index (Phi) is 4.76. The molecule has 0 bridgehead atoms. The summed E-state index contributed by atoms with van der Waals surface area (Å²) >= 11 is 0. The van der Waals surface area contributed by atoms with Crippen LogP contribution in [-0.4, -0.2) is 63.1 Å². The first kappa shape index (κ1) is 18.0. The normalized spacial score (nSPS) is 15.0. The van der Waals surface area contributed by atoms with E-state index in [4.69, 9.17) is 0 Å². The summed E-state index contributed by atoms with van der Waals surface area (Å²) in [7, 11) is 3.42. The summed E-state index contributed by atoms with van der Waals surface area (Å²) in [5.41, 5.74) is 1.97. The number of amides is 3. The fourth-order valence-corrected chi connectivity index (χ4v) is 3.27. The fraction of sp³-hybridized carbons (Fsp3) is 0.500. The van der Waals surface area contributed by atoms with E-state index in [0.717, 1.165) is 11.0 Å². The molecule has 0 aliphatic carbocycles. The molecule has 0 unspecified atom stereocenters. The largest absolute Gasteiger partial charge is 0.336 e. The van der Waals surface area contributed by atoms with Crippen LogP contribution in [0.4, 0.5) is 4.79 Å². The van der Waals surface area contributed by atoms with Crippen molar-refractivity contribution in [3.8, 4) is 0 Å². The summed E-state index contributed by atoms with van der Waals surface area (Å²) in [6, 6.07) is 5.31. The Balaban J connectivity index is 1.73. The van der Waals surface area contributed by atoms with Crippen molar-refractivity contribution >= 4 is 23.0 Å². The van der Waals surface area contributed by atoms with Crippen LogP contribution in [0.25, 0.3) is 11.0 Å². The number of rotatable bonds is 2. The maximum atomic E-state index is 12.8. The number of imidazole rings is 1. The van der Waals surface area contributed by atoms with Crippen LogP contribution >= 0.6 is 0 Å². The van der Waals surface area contributed by atoms with Gasteiger partial charge in [-0.15, -0.1) is 0 Å². The number of urea groups is 1. The highest BCUT2D eigenvalue weighted by molar-refractivity contribution is 5.97. The molecule has 3 amide bonds. The number of carbonyl (C=O) groups is 2. The number of benzene rings is 1. The molecule has 1 aromatic heterocycles. The van der Waals surface area contributed by atoms with Gasteiger partial charge in [-0.2, -0.15) is 0 Å². The van der Waals surface area contributed by atoms with Gasteiger partial charge in [0.15, 0.2) is 0 Å². The Morgan fingerprint density at radius 3 is 2.15 bits per heavy atom. The SMILES string of the molecule is CC(C)NC(=O)N1CCN(C(=O)c2ccc3c(c2)n(C)c(=O)n3C)CC1. The lowest BCUT2D eigenvalue weighted by atomic mass is 10.1. The summed E-state index contributed by atoms with van der Waals surface area (Å²) in [6.07, 6.45) is 0. The van der Waals surface area contributed by atoms with Crippen LogP contribution in [0.2, 0.25) is 0 Å². The van der Waals surface area contributed by atoms with Crippen molar-refractivity contribution in [2.24, 2.45) is 14.1 Å². The average Bonchev–Trinajstić information content (AvgIpc) is 2.84. The zero-order valence-corrected chi connectivity index (χ0v) is 15.7. The van der Waals surface area contributed by atoms with Crippen molar-refractivity contribution in [1.29, 1.82) is 0 Å². The highest BCUT2D eigenvalue weighted by atomic mass is 16.2. The highest BCUT2D eigenvalue weighted by Crippen LogP contribution is 2.16. The molecule has 0 saturated carbocycles. The van der Waals surface area contributed by atoms with Crippen molar-refractivity contribution in [3.05, 3.63) is 34.2 Å². The molecule has 2 aromatic rings. The first-order chi connectivity index (χ1) is 12.3. The number of piperazine rings is 1. The predicted octanol–water partition coefficient (Wildman–Crippen LogP) is 0.753. The van der Waals surface area contributed by atoms with E-state index in [0.29, 0.717) is 31.7 Å². The van der Waals surface area contributed by atoms with Crippen molar-refractivity contribution < 1.29 is 9.59 Å². The summed E-state index contributed by atoms with van der Waals surface area (Å²) in [6.45, 7) is 5.86. The van der Waals surface area contributed by atoms with Crippen LogP contribution in [0.15, 0.2) is 23.0 Å². The zero-order valence-electron chi connectivity index (χ0n) is 15.7. The minimum absolute atomic E-state index is 0.0767. The van der Waals surface area contributed by atoms with Crippen molar-refractivity contribution in [1.82, 2.24) is 24.3 Å². The molecular formula is C18H25N5O3. The van der Waals surface area contributed by atoms with Crippen LogP contribution in [0.5, 0.6) is 0 Å². The molecule has 8 nitrogen and oxygen atoms in total. The molecule has 0 radical (unpaired) electrons. The molecule has 2 heterocycles. The van der Waals surface area contributed by atoms with E-state index in [1.54, 1.807) is 51.2 Å². The first-order valence-corrected chi connectivity index (χ1v) is 8.79. The second kappa shape index (κ2) is 6.86. The van der Waals surface area contributed by atoms with Gasteiger partial charge < -0.3 is 15.1 Å². The third kappa shape index (κ3) is 3.18. The molecule has 8 heteroatoms. The lowest BCUT2D eigenvalue weighted by molar-refractivity contribution is 0.0664. The molecular weight excluding hydrogens is 334 g/mol. The summed E-state index contributed by atoms with van der Waals surface area (Å²) in [4.78, 5) is 40.4. The van der Waals surface area contributed by atoms with Crippen molar-refractivity contribution in [3.63, 3.8) is 0 Å². The van der Waals surface area contributed by atoms with Gasteiger partial charge in [0.2, 0.25) is 0 Å². The van der Waals surface area contributed by atoms with E-state index in [1.165, 1.54) is 0 Å². The lowest BCUT2D eigenvalue weighted by Gasteiger charge is -2.35. The van der Waals surface area contributed by atoms with E-state index in [2.05, 4.69) is 5.32 Å². The zero-order chi connectivity index (χ0) is 19.0. The fourth-order valence-electron chi connectivity index (χ4n) is 3.27. The van der Waals surface area contributed by atoms with Crippen LogP contribution in [0, 0.1) is 0 Å². The molecule has 3 rings (SSSR count). The predicted molar refractivity (Wildman–Crippen MR) is 99.3 cm³/mol. The molecule has 1 fully saturated rings. The third-order valence-corrected chi connectivity index (χ3v) is 4.79. The number of hydrogen-bond donors (Lipinski definition) is 1. The van der Waals surface area contributed by atoms with Gasteiger partial charge in [0.05, 0.1) is 11.0 Å². The molecule has 1 aliphatic heterocycles. The Labute approximate surface area is 152 Å². The van der Waals surface area contributed by atoms with Crippen molar-refractivity contribution in [2.45, 2.75) is 19.9 Å². The van der Waals surface area contributed by atoms with E-state index < -0.39 is 0 Å². The molecule has 140 valence electrons. The number of fused-ring (bicyclic) bond motifs is 1. The number of hydrogen-bond acceptors (Lipinski definition) is 3. The topological polar surface area (TPSA) is 79.6 Å². The smallest absolute Gasteiger partial charge is 0.328 e. The Morgan fingerprint density at radius 2 is 1.54 bits per heavy atom. The minimum atomic E-state index is -0.116. The van der Waals surface area contributed by atoms with E-state index in [-0.39, 0.29) is 23.7 Å². The minimum Gasteiger partial charge on any atom is -0.336 e. The average molecular weight is 359 g/mol. The number of aromatic nitrogens is 2. The maximum Gasteiger partial charge on any atom is 0.328 e. The van der Waals surface area contributed by atoms with E-state index in [1.807, 2.05) is 13.8 Å². The molecule has 1 saturated heterocycles. The number of nitrogens with zero attached hydrogens (tertiary/aromatic N) is 4. The Hall–Kier alpha value is -2.77. The number of nitrogens with one attached hydrogen (secondary N) is 1. The molecule has 0 spiro atoms. The number of carbonyl (C=O) groups excluding carboxylic acids is 2. The van der Waals surface area contributed by atoms with Crippen LogP contribution in [0.1, 0.15) is 24.2 Å². The van der Waals surface area contributed by atoms with Crippen molar-refractivity contribution in [2.75, 3.05) is 26.2 Å². The molecule has 1 N–H and O–H groups in total. The summed E-state index contributed by atoms with van der Waals surface area (Å²) < 4.78 is 3.11. The second-order valence-electron chi connectivity index (χ2n) is 6.99. The van der Waals surface area contributed by atoms with Crippen LogP contribution < -0.4 is 11.0 Å². The van der Waals surface area contributed by atoms with Gasteiger partial charge in [-0.25, -0.2) is 9.59 Å². The lowest BCUT2D eigenvalue weighted by Crippen LogP contribution is -2.54. The van der Waals surface area contributed by atoms with Crippen LogP contribution in [-0.2, 0) is 14.1 Å². The highest BCUT2D eigenvalue weighted by Gasteiger charge is 2.25. The molecule has 26 heavy (non-hydrogen) atoms. The maximum absolute atomic E-state index is 12.8. The first-order valence-electron chi connectivity index (χ1n) is 8.79. The van der Waals surface area contributed by atoms with Gasteiger partial charge in [-0.05, 0) is 32.0 Å². The van der Waals surface area contributed by atoms with Gasteiger partial charge in [-0.3, -0.25) is 13.9 Å². The van der Waals surface area contributed by atoms with Crippen LogP contribution in [0.3, 0.4) is 0 Å². The van der Waals surface area contributed by atoms with Gasteiger partial charge in [0.25, 0.3) is 5.91 Å². The molecule has 1 aromatic carbocycles. The molecule has 1 aliphatic rings. The quantitative estimate of drug-likeness (QED) is 0.859. The van der Waals surface area contributed by atoms with Gasteiger partial charge in [-0.1, -0.05) is 0 Å². The monoisotopic (exact) mass is 359 g/mol. The van der Waals surface area contributed by atoms with E-state index >= 15 is 0 Å². The summed E-state index contributed by atoms with van der Waals surface area (Å²) in [5.74, 6) is -0.0767. The van der Waals surface area contributed by atoms with Gasteiger partial charge in [0, 0.05) is 51.9 Å². The summed E-state index contributed by atoms with van der Waals surface area (Å²) in [5, 5.41) is 2.87. The molecule has 0 atom stereocenters. The Morgan fingerprint density at radius 1 is 0.962 bits per heavy atom. The van der Waals surface area contributed by atoms with E-state index in [9.17, 15) is 14.4 Å². The standard InChI is InChI=1S/C18H25N5O3/c1-12(2)19-17(25)23-9-7-22(8-10-23)16(24)13-5-6-14-15(11-13)21(4)18(26)20(14)3/h5-6,11-12H,7-10H2,1-4H3,(H,19,25). The number of aryl methyl sites for hydroxylation is 2. The second-order valence-corrected chi connectivity index (χ2v) is 6.99. The van der Waals surface area contributed by atoms with Gasteiger partial charge in [0.1, 0.15) is 0 Å². The van der Waals surface area contributed by atoms with Gasteiger partial charge >= 0.3 is 11.7 Å². The third-order valence-electron chi connectivity index (χ3n) is 4.79. The Bertz CT molecular complexity index is 903.